The SMILES string of the molecule is CN1Cc2ccccc2[C@H]2OC(c3ccc(OCCCO)cc3)=N[C@@]2(C/C=C/c2ccccc2)C1=O. The largest absolute Gasteiger partial charge is 0.494 e. The molecule has 0 saturated heterocycles. The van der Waals surface area contributed by atoms with Crippen LogP contribution in [0, 0.1) is 0 Å². The van der Waals surface area contributed by atoms with Gasteiger partial charge in [0.2, 0.25) is 5.90 Å². The summed E-state index contributed by atoms with van der Waals surface area (Å²) < 4.78 is 12.2. The number of hydrogen-bond donors (Lipinski definition) is 1. The molecule has 0 aromatic heterocycles. The Hall–Kier alpha value is -3.90. The van der Waals surface area contributed by atoms with Crippen molar-refractivity contribution in [2.75, 3.05) is 20.3 Å². The molecule has 0 fully saturated rings. The Morgan fingerprint density at radius 3 is 2.61 bits per heavy atom. The van der Waals surface area contributed by atoms with Gasteiger partial charge in [-0.05, 0) is 35.4 Å². The van der Waals surface area contributed by atoms with Gasteiger partial charge in [0.1, 0.15) is 5.75 Å². The van der Waals surface area contributed by atoms with Crippen LogP contribution in [0.4, 0.5) is 0 Å². The molecular weight excluding hydrogens is 452 g/mol. The van der Waals surface area contributed by atoms with Gasteiger partial charge in [-0.15, -0.1) is 0 Å². The molecule has 1 amide bonds. The van der Waals surface area contributed by atoms with Crippen molar-refractivity contribution in [2.45, 2.75) is 31.0 Å². The smallest absolute Gasteiger partial charge is 0.255 e. The van der Waals surface area contributed by atoms with Crippen LogP contribution in [0.15, 0.2) is 89.9 Å². The normalized spacial score (nSPS) is 20.9. The Morgan fingerprint density at radius 1 is 1.08 bits per heavy atom. The van der Waals surface area contributed by atoms with E-state index in [2.05, 4.69) is 6.07 Å². The predicted molar refractivity (Wildman–Crippen MR) is 140 cm³/mol. The van der Waals surface area contributed by atoms with Crippen LogP contribution < -0.4 is 4.74 Å². The molecule has 2 aliphatic heterocycles. The van der Waals surface area contributed by atoms with Crippen LogP contribution in [0.3, 0.4) is 0 Å². The number of aliphatic imine (C=N–C) groups is 1. The zero-order valence-electron chi connectivity index (χ0n) is 20.3. The monoisotopic (exact) mass is 482 g/mol. The van der Waals surface area contributed by atoms with Crippen LogP contribution in [-0.4, -0.2) is 47.6 Å². The zero-order chi connectivity index (χ0) is 25.0. The molecule has 6 heteroatoms. The second-order valence-electron chi connectivity index (χ2n) is 9.17. The van der Waals surface area contributed by atoms with E-state index < -0.39 is 11.6 Å². The van der Waals surface area contributed by atoms with Crippen LogP contribution in [0.5, 0.6) is 5.75 Å². The summed E-state index contributed by atoms with van der Waals surface area (Å²) in [6.45, 7) is 1.06. The summed E-state index contributed by atoms with van der Waals surface area (Å²) in [7, 11) is 1.83. The number of ether oxygens (including phenoxy) is 2. The third-order valence-corrected chi connectivity index (χ3v) is 6.64. The fourth-order valence-electron chi connectivity index (χ4n) is 4.81. The number of hydrogen-bond acceptors (Lipinski definition) is 5. The molecule has 0 unspecified atom stereocenters. The molecular formula is C30H30N2O4. The average Bonchev–Trinajstić information content (AvgIpc) is 3.27. The number of fused-ring (bicyclic) bond motifs is 3. The molecule has 3 aromatic rings. The molecule has 1 N–H and O–H groups in total. The molecule has 0 radical (unpaired) electrons. The van der Waals surface area contributed by atoms with Crippen molar-refractivity contribution < 1.29 is 19.4 Å². The Balaban J connectivity index is 1.52. The highest BCUT2D eigenvalue weighted by atomic mass is 16.5. The summed E-state index contributed by atoms with van der Waals surface area (Å²) in [5.41, 5.74) is 2.82. The van der Waals surface area contributed by atoms with E-state index in [0.717, 1.165) is 22.3 Å². The molecule has 0 spiro atoms. The molecule has 6 nitrogen and oxygen atoms in total. The third-order valence-electron chi connectivity index (χ3n) is 6.64. The van der Waals surface area contributed by atoms with E-state index in [1.54, 1.807) is 4.90 Å². The quantitative estimate of drug-likeness (QED) is 0.469. The number of carbonyl (C=O) groups is 1. The Kier molecular flexibility index (Phi) is 6.87. The number of likely N-dealkylation sites (N-methyl/N-ethyl adjacent to an activating group) is 1. The number of amides is 1. The summed E-state index contributed by atoms with van der Waals surface area (Å²) in [4.78, 5) is 20.7. The van der Waals surface area contributed by atoms with Crippen molar-refractivity contribution in [2.24, 2.45) is 4.99 Å². The minimum Gasteiger partial charge on any atom is -0.494 e. The second kappa shape index (κ2) is 10.4. The topological polar surface area (TPSA) is 71.4 Å². The van der Waals surface area contributed by atoms with Gasteiger partial charge in [-0.25, -0.2) is 4.99 Å². The van der Waals surface area contributed by atoms with Crippen LogP contribution >= 0.6 is 0 Å². The molecule has 36 heavy (non-hydrogen) atoms. The molecule has 184 valence electrons. The van der Waals surface area contributed by atoms with E-state index in [9.17, 15) is 4.79 Å². The molecule has 0 bridgehead atoms. The first-order chi connectivity index (χ1) is 17.6. The van der Waals surface area contributed by atoms with Gasteiger partial charge in [-0.3, -0.25) is 4.79 Å². The number of nitrogens with zero attached hydrogens (tertiary/aromatic N) is 2. The van der Waals surface area contributed by atoms with Crippen molar-refractivity contribution in [1.29, 1.82) is 0 Å². The van der Waals surface area contributed by atoms with Gasteiger partial charge in [0.05, 0.1) is 6.61 Å². The van der Waals surface area contributed by atoms with Gasteiger partial charge in [0, 0.05) is 44.2 Å². The first-order valence-corrected chi connectivity index (χ1v) is 12.3. The van der Waals surface area contributed by atoms with Crippen molar-refractivity contribution in [3.8, 4) is 5.75 Å². The minimum absolute atomic E-state index is 0.0552. The summed E-state index contributed by atoms with van der Waals surface area (Å²) in [5, 5.41) is 8.97. The lowest BCUT2D eigenvalue weighted by Crippen LogP contribution is -2.46. The van der Waals surface area contributed by atoms with Gasteiger partial charge in [-0.1, -0.05) is 66.7 Å². The van der Waals surface area contributed by atoms with Crippen LogP contribution in [0.1, 0.15) is 41.2 Å². The van der Waals surface area contributed by atoms with Crippen molar-refractivity contribution in [3.63, 3.8) is 0 Å². The predicted octanol–water partition coefficient (Wildman–Crippen LogP) is 4.78. The fraction of sp³-hybridized carbons (Fsp3) is 0.267. The number of carbonyl (C=O) groups excluding carboxylic acids is 1. The highest BCUT2D eigenvalue weighted by Crippen LogP contribution is 2.46. The van der Waals surface area contributed by atoms with Gasteiger partial charge >= 0.3 is 0 Å². The van der Waals surface area contributed by atoms with E-state index >= 15 is 0 Å². The van der Waals surface area contributed by atoms with E-state index in [1.807, 2.05) is 92.0 Å². The summed E-state index contributed by atoms with van der Waals surface area (Å²) in [6.07, 6.45) is 4.52. The lowest BCUT2D eigenvalue weighted by Gasteiger charge is -2.30. The van der Waals surface area contributed by atoms with Crippen molar-refractivity contribution >= 4 is 17.9 Å². The van der Waals surface area contributed by atoms with E-state index in [-0.39, 0.29) is 12.5 Å². The second-order valence-corrected chi connectivity index (χ2v) is 9.17. The van der Waals surface area contributed by atoms with Crippen molar-refractivity contribution in [3.05, 3.63) is 107 Å². The maximum Gasteiger partial charge on any atom is 0.255 e. The molecule has 2 atom stereocenters. The summed E-state index contributed by atoms with van der Waals surface area (Å²) >= 11 is 0. The molecule has 0 saturated carbocycles. The highest BCUT2D eigenvalue weighted by molar-refractivity contribution is 6.01. The zero-order valence-corrected chi connectivity index (χ0v) is 20.3. The van der Waals surface area contributed by atoms with Crippen molar-refractivity contribution in [1.82, 2.24) is 4.90 Å². The number of aliphatic hydroxyl groups is 1. The Bertz CT molecular complexity index is 1270. The maximum atomic E-state index is 13.9. The van der Waals surface area contributed by atoms with Gasteiger partial charge in [0.15, 0.2) is 11.6 Å². The third kappa shape index (κ3) is 4.64. The van der Waals surface area contributed by atoms with E-state index in [4.69, 9.17) is 19.6 Å². The minimum atomic E-state index is -1.10. The maximum absolute atomic E-state index is 13.9. The summed E-state index contributed by atoms with van der Waals surface area (Å²) in [6, 6.07) is 25.6. The Morgan fingerprint density at radius 2 is 1.83 bits per heavy atom. The van der Waals surface area contributed by atoms with Gasteiger partial charge in [-0.2, -0.15) is 0 Å². The standard InChI is InChI=1S/C30H30N2O4/c1-32-21-24-12-5-6-13-26(24)27-30(29(32)34,18-7-11-22-9-3-2-4-10-22)31-28(36-27)23-14-16-25(17-15-23)35-20-8-19-33/h2-7,9-17,27,33H,8,18-21H2,1H3/b11-7+/t27-,30-/m1/s1. The van der Waals surface area contributed by atoms with Crippen LogP contribution in [0.2, 0.25) is 0 Å². The van der Waals surface area contributed by atoms with Crippen LogP contribution in [0.25, 0.3) is 6.08 Å². The molecule has 3 aromatic carbocycles. The average molecular weight is 483 g/mol. The lowest BCUT2D eigenvalue weighted by molar-refractivity contribution is -0.138. The van der Waals surface area contributed by atoms with E-state index in [1.165, 1.54) is 0 Å². The van der Waals surface area contributed by atoms with Gasteiger partial charge in [0.25, 0.3) is 5.91 Å². The number of aliphatic hydroxyl groups excluding tert-OH is 1. The first kappa shape index (κ1) is 23.8. The van der Waals surface area contributed by atoms with Crippen LogP contribution in [-0.2, 0) is 16.1 Å². The molecule has 5 rings (SSSR count). The fourth-order valence-corrected chi connectivity index (χ4v) is 4.81. The summed E-state index contributed by atoms with van der Waals surface area (Å²) in [5.74, 6) is 1.11. The molecule has 2 aliphatic rings. The molecule has 2 heterocycles. The number of rotatable bonds is 8. The first-order valence-electron chi connectivity index (χ1n) is 12.3. The lowest BCUT2D eigenvalue weighted by atomic mass is 9.84. The molecule has 0 aliphatic carbocycles. The van der Waals surface area contributed by atoms with Gasteiger partial charge < -0.3 is 19.5 Å². The number of benzene rings is 3. The van der Waals surface area contributed by atoms with E-state index in [0.29, 0.717) is 37.6 Å². The highest BCUT2D eigenvalue weighted by Gasteiger charge is 2.55. The Labute approximate surface area is 211 Å².